The normalized spacial score (nSPS) is 12.6. The van der Waals surface area contributed by atoms with Gasteiger partial charge in [-0.2, -0.15) is 0 Å². The van der Waals surface area contributed by atoms with Gasteiger partial charge in [0.25, 0.3) is 0 Å². The predicted molar refractivity (Wildman–Crippen MR) is 330 cm³/mol. The number of esters is 3. The minimum Gasteiger partial charge on any atom is -0.462 e. The van der Waals surface area contributed by atoms with E-state index in [9.17, 15) is 14.4 Å². The van der Waals surface area contributed by atoms with Gasteiger partial charge in [0.2, 0.25) is 0 Å². The smallest absolute Gasteiger partial charge is 0.306 e. The van der Waals surface area contributed by atoms with Crippen molar-refractivity contribution in [2.24, 2.45) is 0 Å². The number of hydrogen-bond acceptors (Lipinski definition) is 6. The van der Waals surface area contributed by atoms with Crippen molar-refractivity contribution in [3.8, 4) is 0 Å². The Morgan fingerprint density at radius 1 is 0.276 bits per heavy atom. The van der Waals surface area contributed by atoms with Crippen molar-refractivity contribution in [2.45, 2.75) is 329 Å². The van der Waals surface area contributed by atoms with E-state index in [0.717, 1.165) is 89.9 Å². The Labute approximate surface area is 471 Å². The molecule has 438 valence electrons. The molecule has 0 fully saturated rings. The molecule has 0 aromatic heterocycles. The van der Waals surface area contributed by atoms with E-state index >= 15 is 0 Å². The first kappa shape index (κ1) is 72.6. The quantitative estimate of drug-likeness (QED) is 0.0261. The van der Waals surface area contributed by atoms with Crippen molar-refractivity contribution in [3.63, 3.8) is 0 Å². The lowest BCUT2D eigenvalue weighted by Gasteiger charge is -2.18. The van der Waals surface area contributed by atoms with E-state index in [4.69, 9.17) is 14.2 Å². The third-order valence-corrected chi connectivity index (χ3v) is 14.2. The Balaban J connectivity index is 4.44. The topological polar surface area (TPSA) is 78.9 Å². The van der Waals surface area contributed by atoms with E-state index in [-0.39, 0.29) is 37.5 Å². The van der Waals surface area contributed by atoms with Crippen LogP contribution in [0.5, 0.6) is 0 Å². The second kappa shape index (κ2) is 64.1. The van der Waals surface area contributed by atoms with Gasteiger partial charge in [-0.3, -0.25) is 14.4 Å². The van der Waals surface area contributed by atoms with Gasteiger partial charge in [-0.15, -0.1) is 0 Å². The van der Waals surface area contributed by atoms with E-state index in [1.165, 1.54) is 186 Å². The van der Waals surface area contributed by atoms with Crippen molar-refractivity contribution >= 4 is 17.9 Å². The molecule has 6 nitrogen and oxygen atoms in total. The van der Waals surface area contributed by atoms with Crippen LogP contribution in [0.1, 0.15) is 323 Å². The van der Waals surface area contributed by atoms with Crippen molar-refractivity contribution in [3.05, 3.63) is 85.1 Å². The summed E-state index contributed by atoms with van der Waals surface area (Å²) < 4.78 is 16.9. The molecule has 0 aromatic carbocycles. The summed E-state index contributed by atoms with van der Waals surface area (Å²) >= 11 is 0. The second-order valence-corrected chi connectivity index (χ2v) is 21.7. The predicted octanol–water partition coefficient (Wildman–Crippen LogP) is 22.3. The first-order valence-corrected chi connectivity index (χ1v) is 32.6. The average Bonchev–Trinajstić information content (AvgIpc) is 3.42. The largest absolute Gasteiger partial charge is 0.462 e. The molecule has 0 amide bonds. The van der Waals surface area contributed by atoms with Crippen LogP contribution in [0, 0.1) is 0 Å². The third kappa shape index (κ3) is 61.4. The molecule has 0 saturated heterocycles. The van der Waals surface area contributed by atoms with Crippen LogP contribution in [0.25, 0.3) is 0 Å². The van der Waals surface area contributed by atoms with Gasteiger partial charge in [0.05, 0.1) is 0 Å². The zero-order valence-corrected chi connectivity index (χ0v) is 50.3. The van der Waals surface area contributed by atoms with Crippen LogP contribution in [0.3, 0.4) is 0 Å². The first-order valence-electron chi connectivity index (χ1n) is 32.6. The van der Waals surface area contributed by atoms with Crippen LogP contribution in [0.15, 0.2) is 85.1 Å². The van der Waals surface area contributed by atoms with E-state index in [0.29, 0.717) is 19.3 Å². The molecule has 0 aliphatic rings. The molecule has 0 saturated carbocycles. The molecule has 0 radical (unpaired) electrons. The highest BCUT2D eigenvalue weighted by atomic mass is 16.6. The van der Waals surface area contributed by atoms with Gasteiger partial charge in [0, 0.05) is 19.3 Å². The number of carbonyl (C=O) groups excluding carboxylic acids is 3. The van der Waals surface area contributed by atoms with E-state index in [1.54, 1.807) is 0 Å². The van der Waals surface area contributed by atoms with Gasteiger partial charge >= 0.3 is 17.9 Å². The third-order valence-electron chi connectivity index (χ3n) is 14.2. The number of allylic oxidation sites excluding steroid dienone is 14. The van der Waals surface area contributed by atoms with Gasteiger partial charge in [-0.1, -0.05) is 318 Å². The number of carbonyl (C=O) groups is 3. The fourth-order valence-corrected chi connectivity index (χ4v) is 9.32. The highest BCUT2D eigenvalue weighted by Gasteiger charge is 2.19. The fraction of sp³-hybridized carbons (Fsp3) is 0.757. The molecular weight excluding hydrogens is 937 g/mol. The lowest BCUT2D eigenvalue weighted by Crippen LogP contribution is -2.30. The summed E-state index contributed by atoms with van der Waals surface area (Å²) in [4.78, 5) is 38.3. The molecule has 0 aromatic rings. The van der Waals surface area contributed by atoms with Crippen LogP contribution in [0.4, 0.5) is 0 Å². The molecule has 1 unspecified atom stereocenters. The van der Waals surface area contributed by atoms with Gasteiger partial charge in [-0.25, -0.2) is 0 Å². The van der Waals surface area contributed by atoms with E-state index < -0.39 is 6.10 Å². The summed E-state index contributed by atoms with van der Waals surface area (Å²) in [6, 6.07) is 0. The SMILES string of the molecule is CC/C=C\C/C=C\C/C=C\C/C=C\C/C=C\C/C=C\C/C=C\CCCC(=O)OCC(COC(=O)CCCCCCCCCCCCCCCCCCC)OC(=O)CCCCCCCCCCCCCCCCCCCC. The molecule has 0 aliphatic heterocycles. The van der Waals surface area contributed by atoms with Gasteiger partial charge in [-0.05, 0) is 70.6 Å². The van der Waals surface area contributed by atoms with Crippen molar-refractivity contribution in [1.29, 1.82) is 0 Å². The lowest BCUT2D eigenvalue weighted by molar-refractivity contribution is -0.167. The number of ether oxygens (including phenoxy) is 3. The Hall–Kier alpha value is -3.41. The van der Waals surface area contributed by atoms with Crippen LogP contribution < -0.4 is 0 Å². The Kier molecular flexibility index (Phi) is 61.2. The van der Waals surface area contributed by atoms with Gasteiger partial charge in [0.1, 0.15) is 13.2 Å². The molecular formula is C70H122O6. The number of hydrogen-bond donors (Lipinski definition) is 0. The molecule has 6 heteroatoms. The average molecular weight is 1060 g/mol. The van der Waals surface area contributed by atoms with E-state index in [1.807, 2.05) is 0 Å². The zero-order valence-electron chi connectivity index (χ0n) is 50.3. The van der Waals surface area contributed by atoms with Gasteiger partial charge in [0.15, 0.2) is 6.10 Å². The number of rotatable bonds is 59. The van der Waals surface area contributed by atoms with Crippen LogP contribution in [0.2, 0.25) is 0 Å². The highest BCUT2D eigenvalue weighted by molar-refractivity contribution is 5.71. The molecule has 0 spiro atoms. The molecule has 0 bridgehead atoms. The summed E-state index contributed by atoms with van der Waals surface area (Å²) in [5, 5.41) is 0. The molecule has 1 atom stereocenters. The Bertz CT molecular complexity index is 1450. The Morgan fingerprint density at radius 2 is 0.513 bits per heavy atom. The molecule has 0 N–H and O–H groups in total. The monoisotopic (exact) mass is 1060 g/mol. The standard InChI is InChI=1S/C70H122O6/c1-4-7-10-13-16-19-22-25-28-31-33-34-35-36-37-40-42-45-48-51-54-57-60-63-69(72)75-66-67(65-74-68(71)62-59-56-53-50-47-44-41-38-30-27-24-21-18-15-12-9-6-3)76-70(73)64-61-58-55-52-49-46-43-39-32-29-26-23-20-17-14-11-8-5-2/h7,10,16,19,25,28,33-34,36-37,42,45,51,54,67H,4-6,8-9,11-15,17-18,20-24,26-27,29-32,35,38-41,43-44,46-50,52-53,55-66H2,1-3H3/b10-7-,19-16-,28-25-,34-33-,37-36-,45-42-,54-51-. The summed E-state index contributed by atoms with van der Waals surface area (Å²) in [6.45, 7) is 6.53. The summed E-state index contributed by atoms with van der Waals surface area (Å²) in [5.74, 6) is -0.934. The maximum atomic E-state index is 12.9. The van der Waals surface area contributed by atoms with Crippen molar-refractivity contribution < 1.29 is 28.6 Å². The maximum absolute atomic E-state index is 12.9. The molecule has 76 heavy (non-hydrogen) atoms. The summed E-state index contributed by atoms with van der Waals surface area (Å²) in [5.41, 5.74) is 0. The van der Waals surface area contributed by atoms with E-state index in [2.05, 4.69) is 106 Å². The lowest BCUT2D eigenvalue weighted by atomic mass is 10.0. The number of unbranched alkanes of at least 4 members (excludes halogenated alkanes) is 34. The summed E-state index contributed by atoms with van der Waals surface area (Å²) in [6.07, 6.45) is 84.5. The minimum absolute atomic E-state index is 0.0900. The zero-order chi connectivity index (χ0) is 55.0. The molecule has 0 aliphatic carbocycles. The maximum Gasteiger partial charge on any atom is 0.306 e. The fourth-order valence-electron chi connectivity index (χ4n) is 9.32. The van der Waals surface area contributed by atoms with Crippen LogP contribution >= 0.6 is 0 Å². The second-order valence-electron chi connectivity index (χ2n) is 21.7. The Morgan fingerprint density at radius 3 is 0.803 bits per heavy atom. The van der Waals surface area contributed by atoms with Crippen LogP contribution in [-0.2, 0) is 28.6 Å². The van der Waals surface area contributed by atoms with Crippen molar-refractivity contribution in [2.75, 3.05) is 13.2 Å². The van der Waals surface area contributed by atoms with Crippen molar-refractivity contribution in [1.82, 2.24) is 0 Å². The summed E-state index contributed by atoms with van der Waals surface area (Å²) in [7, 11) is 0. The van der Waals surface area contributed by atoms with Gasteiger partial charge < -0.3 is 14.2 Å². The first-order chi connectivity index (χ1) is 37.5. The van der Waals surface area contributed by atoms with Crippen LogP contribution in [-0.4, -0.2) is 37.2 Å². The highest BCUT2D eigenvalue weighted by Crippen LogP contribution is 2.17. The minimum atomic E-state index is -0.798. The molecule has 0 heterocycles. The molecule has 0 rings (SSSR count).